The minimum atomic E-state index is 0. The van der Waals surface area contributed by atoms with Crippen LogP contribution in [0.1, 0.15) is 24.8 Å². The fourth-order valence-electron chi connectivity index (χ4n) is 2.20. The maximum absolute atomic E-state index is 5.82. The van der Waals surface area contributed by atoms with Gasteiger partial charge in [0.05, 0.1) is 6.54 Å². The monoisotopic (exact) mass is 403 g/mol. The molecule has 1 aromatic carbocycles. The standard InChI is InChI=1S/C16H25N3O.HI/c1-13-7-4-5-10-15(13)20-12-11-19(3)16(17-2)18-14-8-6-9-14;/h4-5,7,10,14H,6,8-9,11-12H2,1-3H3,(H,17,18);1H. The van der Waals surface area contributed by atoms with E-state index in [-0.39, 0.29) is 24.0 Å². The molecule has 5 heteroatoms. The van der Waals surface area contributed by atoms with E-state index in [1.54, 1.807) is 0 Å². The molecule has 1 N–H and O–H groups in total. The maximum atomic E-state index is 5.82. The molecule has 21 heavy (non-hydrogen) atoms. The summed E-state index contributed by atoms with van der Waals surface area (Å²) < 4.78 is 5.82. The Balaban J connectivity index is 0.00000220. The van der Waals surface area contributed by atoms with Crippen LogP contribution in [-0.2, 0) is 0 Å². The Morgan fingerprint density at radius 1 is 1.38 bits per heavy atom. The molecule has 118 valence electrons. The molecule has 2 rings (SSSR count). The number of hydrogen-bond acceptors (Lipinski definition) is 2. The third-order valence-corrected chi connectivity index (χ3v) is 3.79. The molecule has 0 heterocycles. The van der Waals surface area contributed by atoms with Crippen LogP contribution in [0.5, 0.6) is 5.75 Å². The van der Waals surface area contributed by atoms with Crippen LogP contribution in [-0.4, -0.2) is 44.1 Å². The number of aliphatic imine (C=N–C) groups is 1. The molecule has 1 fully saturated rings. The van der Waals surface area contributed by atoms with Gasteiger partial charge in [-0.05, 0) is 37.8 Å². The Labute approximate surface area is 145 Å². The molecular formula is C16H26IN3O. The third kappa shape index (κ3) is 5.37. The second kappa shape index (κ2) is 9.12. The summed E-state index contributed by atoms with van der Waals surface area (Å²) in [6, 6.07) is 8.71. The van der Waals surface area contributed by atoms with Crippen LogP contribution >= 0.6 is 24.0 Å². The number of rotatable bonds is 5. The number of para-hydroxylation sites is 1. The van der Waals surface area contributed by atoms with E-state index in [4.69, 9.17) is 4.74 Å². The van der Waals surface area contributed by atoms with Gasteiger partial charge < -0.3 is 15.0 Å². The van der Waals surface area contributed by atoms with Crippen LogP contribution in [0.25, 0.3) is 0 Å². The van der Waals surface area contributed by atoms with E-state index < -0.39 is 0 Å². The highest BCUT2D eigenvalue weighted by Crippen LogP contribution is 2.18. The van der Waals surface area contributed by atoms with E-state index in [1.165, 1.54) is 24.8 Å². The van der Waals surface area contributed by atoms with E-state index in [9.17, 15) is 0 Å². The van der Waals surface area contributed by atoms with Gasteiger partial charge in [-0.1, -0.05) is 18.2 Å². The summed E-state index contributed by atoms with van der Waals surface area (Å²) in [7, 11) is 3.88. The van der Waals surface area contributed by atoms with Crippen molar-refractivity contribution in [3.05, 3.63) is 29.8 Å². The Kier molecular flexibility index (Phi) is 7.85. The Morgan fingerprint density at radius 2 is 2.10 bits per heavy atom. The summed E-state index contributed by atoms with van der Waals surface area (Å²) >= 11 is 0. The zero-order chi connectivity index (χ0) is 14.4. The predicted octanol–water partition coefficient (Wildman–Crippen LogP) is 3.05. The van der Waals surface area contributed by atoms with Gasteiger partial charge in [0, 0.05) is 20.1 Å². The highest BCUT2D eigenvalue weighted by Gasteiger charge is 2.19. The van der Waals surface area contributed by atoms with E-state index in [2.05, 4.69) is 35.2 Å². The van der Waals surface area contributed by atoms with Crippen molar-refractivity contribution >= 4 is 29.9 Å². The molecule has 1 saturated carbocycles. The van der Waals surface area contributed by atoms with E-state index in [0.717, 1.165) is 18.3 Å². The van der Waals surface area contributed by atoms with Crippen LogP contribution in [0.3, 0.4) is 0 Å². The van der Waals surface area contributed by atoms with Crippen molar-refractivity contribution < 1.29 is 4.74 Å². The Hall–Kier alpha value is -0.980. The van der Waals surface area contributed by atoms with Crippen LogP contribution in [0.2, 0.25) is 0 Å². The van der Waals surface area contributed by atoms with Crippen LogP contribution in [0, 0.1) is 6.92 Å². The molecule has 0 aliphatic heterocycles. The number of hydrogen-bond donors (Lipinski definition) is 1. The van der Waals surface area contributed by atoms with Crippen molar-refractivity contribution in [2.45, 2.75) is 32.2 Å². The quantitative estimate of drug-likeness (QED) is 0.467. The lowest BCUT2D eigenvalue weighted by Crippen LogP contribution is -2.47. The minimum Gasteiger partial charge on any atom is -0.491 e. The summed E-state index contributed by atoms with van der Waals surface area (Å²) in [5, 5.41) is 3.48. The Morgan fingerprint density at radius 3 is 2.67 bits per heavy atom. The first kappa shape index (κ1) is 18.1. The smallest absolute Gasteiger partial charge is 0.193 e. The molecule has 4 nitrogen and oxygen atoms in total. The van der Waals surface area contributed by atoms with Crippen LogP contribution < -0.4 is 10.1 Å². The first-order chi connectivity index (χ1) is 9.70. The van der Waals surface area contributed by atoms with Crippen LogP contribution in [0.15, 0.2) is 29.3 Å². The van der Waals surface area contributed by atoms with Crippen molar-refractivity contribution in [1.82, 2.24) is 10.2 Å². The van der Waals surface area contributed by atoms with Gasteiger partial charge in [-0.15, -0.1) is 24.0 Å². The fraction of sp³-hybridized carbons (Fsp3) is 0.562. The van der Waals surface area contributed by atoms with Crippen molar-refractivity contribution in [3.63, 3.8) is 0 Å². The number of benzene rings is 1. The highest BCUT2D eigenvalue weighted by molar-refractivity contribution is 14.0. The molecule has 1 aliphatic carbocycles. The van der Waals surface area contributed by atoms with Gasteiger partial charge >= 0.3 is 0 Å². The lowest BCUT2D eigenvalue weighted by Gasteiger charge is -2.31. The number of halogens is 1. The van der Waals surface area contributed by atoms with Crippen molar-refractivity contribution in [3.8, 4) is 5.75 Å². The summed E-state index contributed by atoms with van der Waals surface area (Å²) in [5.41, 5.74) is 1.17. The van der Waals surface area contributed by atoms with Crippen LogP contribution in [0.4, 0.5) is 0 Å². The number of guanidine groups is 1. The number of likely N-dealkylation sites (N-methyl/N-ethyl adjacent to an activating group) is 1. The SMILES string of the molecule is CN=C(NC1CCC1)N(C)CCOc1ccccc1C.I. The molecule has 0 saturated heterocycles. The van der Waals surface area contributed by atoms with Gasteiger partial charge in [0.25, 0.3) is 0 Å². The van der Waals surface area contributed by atoms with Crippen molar-refractivity contribution in [1.29, 1.82) is 0 Å². The van der Waals surface area contributed by atoms with Crippen molar-refractivity contribution in [2.24, 2.45) is 4.99 Å². The average molecular weight is 403 g/mol. The number of ether oxygens (including phenoxy) is 1. The molecular weight excluding hydrogens is 377 g/mol. The number of aryl methyl sites for hydroxylation is 1. The first-order valence-electron chi connectivity index (χ1n) is 7.33. The van der Waals surface area contributed by atoms with Crippen molar-refractivity contribution in [2.75, 3.05) is 27.2 Å². The summed E-state index contributed by atoms with van der Waals surface area (Å²) in [6.07, 6.45) is 3.84. The lowest BCUT2D eigenvalue weighted by atomic mass is 9.93. The maximum Gasteiger partial charge on any atom is 0.193 e. The molecule has 0 spiro atoms. The Bertz CT molecular complexity index is 461. The summed E-state index contributed by atoms with van der Waals surface area (Å²) in [6.45, 7) is 3.55. The third-order valence-electron chi connectivity index (χ3n) is 3.79. The lowest BCUT2D eigenvalue weighted by molar-refractivity contribution is 0.275. The van der Waals surface area contributed by atoms with E-state index in [1.807, 2.05) is 25.2 Å². The van der Waals surface area contributed by atoms with Gasteiger partial charge in [-0.3, -0.25) is 4.99 Å². The number of nitrogens with one attached hydrogen (secondary N) is 1. The normalized spacial score (nSPS) is 14.9. The van der Waals surface area contributed by atoms with E-state index in [0.29, 0.717) is 12.6 Å². The largest absolute Gasteiger partial charge is 0.491 e. The molecule has 1 aliphatic rings. The summed E-state index contributed by atoms with van der Waals surface area (Å²) in [4.78, 5) is 6.45. The number of nitrogens with zero attached hydrogens (tertiary/aromatic N) is 2. The molecule has 0 radical (unpaired) electrons. The minimum absolute atomic E-state index is 0. The van der Waals surface area contributed by atoms with Gasteiger partial charge in [-0.25, -0.2) is 0 Å². The topological polar surface area (TPSA) is 36.9 Å². The fourth-order valence-corrected chi connectivity index (χ4v) is 2.20. The predicted molar refractivity (Wildman–Crippen MR) is 98.9 cm³/mol. The second-order valence-electron chi connectivity index (χ2n) is 5.35. The molecule has 0 aromatic heterocycles. The zero-order valence-corrected chi connectivity index (χ0v) is 15.5. The van der Waals surface area contributed by atoms with Gasteiger partial charge in [-0.2, -0.15) is 0 Å². The molecule has 1 aromatic rings. The zero-order valence-electron chi connectivity index (χ0n) is 13.1. The van der Waals surface area contributed by atoms with Gasteiger partial charge in [0.15, 0.2) is 5.96 Å². The van der Waals surface area contributed by atoms with E-state index >= 15 is 0 Å². The highest BCUT2D eigenvalue weighted by atomic mass is 127. The molecule has 0 bridgehead atoms. The summed E-state index contributed by atoms with van der Waals surface area (Å²) in [5.74, 6) is 1.92. The molecule has 0 unspecified atom stereocenters. The second-order valence-corrected chi connectivity index (χ2v) is 5.35. The molecule has 0 amide bonds. The average Bonchev–Trinajstić information content (AvgIpc) is 2.40. The van der Waals surface area contributed by atoms with Gasteiger partial charge in [0.1, 0.15) is 12.4 Å². The molecule has 0 atom stereocenters. The van der Waals surface area contributed by atoms with Gasteiger partial charge in [0.2, 0.25) is 0 Å². The first-order valence-corrected chi connectivity index (χ1v) is 7.33.